The van der Waals surface area contributed by atoms with Crippen molar-refractivity contribution in [1.82, 2.24) is 4.98 Å². The van der Waals surface area contributed by atoms with Gasteiger partial charge in [0, 0.05) is 56.0 Å². The number of aromatic nitrogens is 1. The van der Waals surface area contributed by atoms with E-state index < -0.39 is 0 Å². The number of rotatable bonds is 9. The Bertz CT molecular complexity index is 5070. The van der Waals surface area contributed by atoms with Gasteiger partial charge >= 0.3 is 0 Å². The van der Waals surface area contributed by atoms with Crippen LogP contribution in [0, 0.1) is 0 Å². The van der Waals surface area contributed by atoms with E-state index in [1.54, 1.807) is 0 Å². The summed E-state index contributed by atoms with van der Waals surface area (Å²) < 4.78 is 0. The molecule has 0 bridgehead atoms. The van der Waals surface area contributed by atoms with Crippen molar-refractivity contribution in [1.29, 1.82) is 0 Å². The standard InChI is InChI=1S/C87H56BN3/c1-7-23-57(24-8-1)69-45-70(58-25-9-2-10-26-58)48-75(47-69)90-83-55-74(73-53-81(61-31-15-5-16-32-61)89-82(54-73)62-33-17-6-18-34-62)56-84-85(83)88(79-41-39-67-43-63-35-19-21-37-65(63)51-77(67)86(79)90)80-42-40-68-44-64-36-20-22-38-66(64)52-78(68)87(80)91(84)76-49-71(59-27-11-3-12-28-59)46-72(50-76)60-29-13-4-14-30-60/h1-56H. The first kappa shape index (κ1) is 52.3. The molecule has 0 aliphatic carbocycles. The fraction of sp³-hybridized carbons (Fsp3) is 0. The quantitative estimate of drug-likeness (QED) is 0.106. The number of pyridine rings is 1. The molecular weight excluding hydrogens is 1100 g/mol. The van der Waals surface area contributed by atoms with Crippen LogP contribution in [-0.4, -0.2) is 11.7 Å². The summed E-state index contributed by atoms with van der Waals surface area (Å²) in [5.74, 6) is 0. The molecule has 0 saturated heterocycles. The molecule has 3 heterocycles. The van der Waals surface area contributed by atoms with Crippen molar-refractivity contribution < 1.29 is 0 Å². The molecule has 16 aromatic rings. The lowest BCUT2D eigenvalue weighted by molar-refractivity contribution is 1.26. The summed E-state index contributed by atoms with van der Waals surface area (Å²) in [7, 11) is 0. The number of benzene rings is 15. The highest BCUT2D eigenvalue weighted by atomic mass is 15.2. The van der Waals surface area contributed by atoms with Gasteiger partial charge in [0.15, 0.2) is 0 Å². The van der Waals surface area contributed by atoms with Gasteiger partial charge in [0.25, 0.3) is 6.71 Å². The fourth-order valence-corrected chi connectivity index (χ4v) is 14.6. The Kier molecular flexibility index (Phi) is 12.3. The van der Waals surface area contributed by atoms with Gasteiger partial charge in [-0.05, 0) is 189 Å². The fourth-order valence-electron chi connectivity index (χ4n) is 14.6. The van der Waals surface area contributed by atoms with Gasteiger partial charge in [-0.15, -0.1) is 0 Å². The number of hydrogen-bond acceptors (Lipinski definition) is 3. The molecule has 4 heteroatoms. The van der Waals surface area contributed by atoms with Gasteiger partial charge in [0.05, 0.1) is 11.4 Å². The molecule has 2 aliphatic rings. The van der Waals surface area contributed by atoms with E-state index in [0.29, 0.717) is 0 Å². The third-order valence-electron chi connectivity index (χ3n) is 18.8. The van der Waals surface area contributed by atoms with E-state index >= 15 is 0 Å². The molecule has 0 N–H and O–H groups in total. The van der Waals surface area contributed by atoms with Gasteiger partial charge in [-0.1, -0.05) is 255 Å². The van der Waals surface area contributed by atoms with Gasteiger partial charge < -0.3 is 9.80 Å². The average molecular weight is 1150 g/mol. The Balaban J connectivity index is 1.03. The van der Waals surface area contributed by atoms with Crippen LogP contribution in [0.15, 0.2) is 340 Å². The SMILES string of the molecule is c1ccc(-c2cc(-c3ccccc3)cc(N3c4cc(-c5cc(-c6ccccc6)nc(-c6ccccc6)c5)cc5c4B(c4ccc6cc7ccccc7cc6c43)c3ccc4cc6ccccc6cc4c3N5c3cc(-c4ccccc4)cc(-c4ccccc4)c3)c2)cc1. The summed E-state index contributed by atoms with van der Waals surface area (Å²) >= 11 is 0. The predicted octanol–water partition coefficient (Wildman–Crippen LogP) is 21.4. The van der Waals surface area contributed by atoms with E-state index in [4.69, 9.17) is 4.98 Å². The summed E-state index contributed by atoms with van der Waals surface area (Å²) in [5, 5.41) is 9.59. The summed E-state index contributed by atoms with van der Waals surface area (Å²) in [5.41, 5.74) is 25.7. The van der Waals surface area contributed by atoms with Gasteiger partial charge in [-0.25, -0.2) is 4.98 Å². The number of anilines is 6. The van der Waals surface area contributed by atoms with E-state index in [0.717, 1.165) is 101 Å². The minimum atomic E-state index is -0.197. The third-order valence-corrected chi connectivity index (χ3v) is 18.8. The van der Waals surface area contributed by atoms with Gasteiger partial charge in [-0.3, -0.25) is 0 Å². The lowest BCUT2D eigenvalue weighted by Gasteiger charge is -2.45. The average Bonchev–Trinajstić information content (AvgIpc) is 0.702. The molecule has 0 saturated carbocycles. The van der Waals surface area contributed by atoms with Crippen molar-refractivity contribution in [2.75, 3.05) is 9.80 Å². The summed E-state index contributed by atoms with van der Waals surface area (Å²) in [6, 6.07) is 126. The van der Waals surface area contributed by atoms with Crippen LogP contribution in [-0.2, 0) is 0 Å². The summed E-state index contributed by atoms with van der Waals surface area (Å²) in [4.78, 5) is 10.8. The highest BCUT2D eigenvalue weighted by Gasteiger charge is 2.45. The van der Waals surface area contributed by atoms with Crippen LogP contribution in [0.4, 0.5) is 34.1 Å². The Labute approximate surface area is 529 Å². The lowest BCUT2D eigenvalue weighted by atomic mass is 9.33. The van der Waals surface area contributed by atoms with Crippen molar-refractivity contribution in [2.45, 2.75) is 0 Å². The summed E-state index contributed by atoms with van der Waals surface area (Å²) in [6.07, 6.45) is 0. The van der Waals surface area contributed by atoms with Crippen molar-refractivity contribution >= 4 is 100 Å². The van der Waals surface area contributed by atoms with Gasteiger partial charge in [0.1, 0.15) is 0 Å². The maximum absolute atomic E-state index is 5.49. The maximum Gasteiger partial charge on any atom is 0.252 e. The normalized spacial score (nSPS) is 12.3. The van der Waals surface area contributed by atoms with E-state index in [-0.39, 0.29) is 6.71 Å². The predicted molar refractivity (Wildman–Crippen MR) is 386 cm³/mol. The minimum absolute atomic E-state index is 0.197. The molecule has 0 amide bonds. The second kappa shape index (κ2) is 21.5. The number of hydrogen-bond donors (Lipinski definition) is 0. The first-order valence-electron chi connectivity index (χ1n) is 31.4. The van der Waals surface area contributed by atoms with Crippen molar-refractivity contribution in [3.8, 4) is 78.1 Å². The van der Waals surface area contributed by atoms with Crippen LogP contribution in [0.3, 0.4) is 0 Å². The largest absolute Gasteiger partial charge is 0.311 e. The topological polar surface area (TPSA) is 19.4 Å². The van der Waals surface area contributed by atoms with Crippen molar-refractivity contribution in [3.63, 3.8) is 0 Å². The Morgan fingerprint density at radius 1 is 0.220 bits per heavy atom. The van der Waals surface area contributed by atoms with E-state index in [9.17, 15) is 0 Å². The van der Waals surface area contributed by atoms with Crippen molar-refractivity contribution in [3.05, 3.63) is 340 Å². The molecule has 422 valence electrons. The lowest BCUT2D eigenvalue weighted by Crippen LogP contribution is -2.61. The van der Waals surface area contributed by atoms with Crippen LogP contribution in [0.1, 0.15) is 0 Å². The molecule has 0 atom stereocenters. The highest BCUT2D eigenvalue weighted by Crippen LogP contribution is 2.52. The molecule has 1 aromatic heterocycles. The molecule has 0 fully saturated rings. The zero-order valence-corrected chi connectivity index (χ0v) is 49.8. The van der Waals surface area contributed by atoms with E-state index in [1.165, 1.54) is 70.9 Å². The molecule has 0 unspecified atom stereocenters. The molecule has 3 nitrogen and oxygen atoms in total. The second-order valence-corrected chi connectivity index (χ2v) is 24.2. The minimum Gasteiger partial charge on any atom is -0.311 e. The van der Waals surface area contributed by atoms with Gasteiger partial charge in [0.2, 0.25) is 0 Å². The molecule has 0 spiro atoms. The van der Waals surface area contributed by atoms with Crippen LogP contribution >= 0.6 is 0 Å². The van der Waals surface area contributed by atoms with E-state index in [2.05, 4.69) is 350 Å². The summed E-state index contributed by atoms with van der Waals surface area (Å²) in [6.45, 7) is -0.197. The first-order chi connectivity index (χ1) is 45.1. The third kappa shape index (κ3) is 9.02. The molecule has 15 aromatic carbocycles. The second-order valence-electron chi connectivity index (χ2n) is 24.2. The van der Waals surface area contributed by atoms with Crippen LogP contribution in [0.2, 0.25) is 0 Å². The molecule has 91 heavy (non-hydrogen) atoms. The van der Waals surface area contributed by atoms with Gasteiger partial charge in [-0.2, -0.15) is 0 Å². The molecular formula is C87H56BN3. The zero-order chi connectivity index (χ0) is 59.9. The Hall–Kier alpha value is -11.8. The van der Waals surface area contributed by atoms with Crippen LogP contribution in [0.5, 0.6) is 0 Å². The van der Waals surface area contributed by atoms with Crippen LogP contribution in [0.25, 0.3) is 121 Å². The van der Waals surface area contributed by atoms with Crippen LogP contribution < -0.4 is 26.2 Å². The zero-order valence-electron chi connectivity index (χ0n) is 49.8. The Morgan fingerprint density at radius 2 is 0.516 bits per heavy atom. The van der Waals surface area contributed by atoms with E-state index in [1.807, 2.05) is 0 Å². The smallest absolute Gasteiger partial charge is 0.252 e. The number of nitrogens with zero attached hydrogens (tertiary/aromatic N) is 3. The first-order valence-corrected chi connectivity index (χ1v) is 31.4. The van der Waals surface area contributed by atoms with Crippen molar-refractivity contribution in [2.24, 2.45) is 0 Å². The molecule has 18 rings (SSSR count). The molecule has 2 aliphatic heterocycles. The maximum atomic E-state index is 5.49. The highest BCUT2D eigenvalue weighted by molar-refractivity contribution is 7.01. The Morgan fingerprint density at radius 3 is 0.868 bits per heavy atom. The number of fused-ring (bicyclic) bond motifs is 10. The monoisotopic (exact) mass is 1150 g/mol. The molecule has 0 radical (unpaired) electrons.